The number of fused-ring (bicyclic) bond motifs is 1. The molecule has 140 valence electrons. The minimum absolute atomic E-state index is 0.126. The average Bonchev–Trinajstić information content (AvgIpc) is 3.47. The Morgan fingerprint density at radius 3 is 2.39 bits per heavy atom. The lowest BCUT2D eigenvalue weighted by Crippen LogP contribution is -2.49. The Morgan fingerprint density at radius 2 is 1.64 bits per heavy atom. The Kier molecular flexibility index (Phi) is 4.54. The number of nitrogens with zero attached hydrogens (tertiary/aromatic N) is 4. The summed E-state index contributed by atoms with van der Waals surface area (Å²) in [6.45, 7) is 2.93. The molecule has 0 bridgehead atoms. The molecule has 0 N–H and O–H groups in total. The minimum Gasteiger partial charge on any atom is -0.352 e. The topological polar surface area (TPSA) is 49.3 Å². The summed E-state index contributed by atoms with van der Waals surface area (Å²) in [7, 11) is 0. The number of carbonyl (C=O) groups is 1. The van der Waals surface area contributed by atoms with E-state index < -0.39 is 0 Å². The summed E-state index contributed by atoms with van der Waals surface area (Å²) in [5.74, 6) is 1.85. The zero-order valence-corrected chi connectivity index (χ0v) is 16.7. The molecule has 1 amide bonds. The van der Waals surface area contributed by atoms with E-state index in [4.69, 9.17) is 9.97 Å². The molecule has 0 unspecified atom stereocenters. The van der Waals surface area contributed by atoms with Crippen LogP contribution in [0.1, 0.15) is 9.67 Å². The van der Waals surface area contributed by atoms with Crippen LogP contribution in [0.15, 0.2) is 59.3 Å². The third kappa shape index (κ3) is 3.16. The third-order valence-electron chi connectivity index (χ3n) is 4.92. The number of aromatic nitrogens is 2. The van der Waals surface area contributed by atoms with E-state index in [-0.39, 0.29) is 5.91 Å². The molecule has 0 aliphatic carbocycles. The van der Waals surface area contributed by atoms with Gasteiger partial charge in [-0.1, -0.05) is 24.3 Å². The van der Waals surface area contributed by atoms with E-state index in [1.807, 2.05) is 52.1 Å². The van der Waals surface area contributed by atoms with Gasteiger partial charge in [-0.25, -0.2) is 9.97 Å². The average molecular weight is 407 g/mol. The van der Waals surface area contributed by atoms with E-state index in [1.54, 1.807) is 11.3 Å². The van der Waals surface area contributed by atoms with Crippen molar-refractivity contribution in [1.82, 2.24) is 14.9 Å². The highest BCUT2D eigenvalue weighted by Crippen LogP contribution is 2.30. The predicted molar refractivity (Wildman–Crippen MR) is 115 cm³/mol. The van der Waals surface area contributed by atoms with Gasteiger partial charge in [-0.05, 0) is 35.0 Å². The summed E-state index contributed by atoms with van der Waals surface area (Å²) in [6.07, 6.45) is 0. The maximum atomic E-state index is 12.6. The lowest BCUT2D eigenvalue weighted by Gasteiger charge is -2.35. The first-order valence-electron chi connectivity index (χ1n) is 9.18. The zero-order chi connectivity index (χ0) is 18.9. The molecule has 28 heavy (non-hydrogen) atoms. The molecule has 1 saturated heterocycles. The molecule has 4 aromatic rings. The molecule has 5 nitrogen and oxygen atoms in total. The van der Waals surface area contributed by atoms with E-state index in [9.17, 15) is 4.79 Å². The lowest BCUT2D eigenvalue weighted by molar-refractivity contribution is 0.0751. The largest absolute Gasteiger partial charge is 0.352 e. The van der Waals surface area contributed by atoms with Crippen LogP contribution in [0.2, 0.25) is 0 Å². The van der Waals surface area contributed by atoms with Crippen molar-refractivity contribution < 1.29 is 4.79 Å². The zero-order valence-electron chi connectivity index (χ0n) is 15.1. The van der Waals surface area contributed by atoms with Crippen LogP contribution < -0.4 is 4.90 Å². The quantitative estimate of drug-likeness (QED) is 0.507. The number of para-hydroxylation sites is 1. The molecule has 0 atom stereocenters. The maximum absolute atomic E-state index is 12.6. The van der Waals surface area contributed by atoms with Crippen molar-refractivity contribution in [2.45, 2.75) is 0 Å². The molecule has 0 radical (unpaired) electrons. The van der Waals surface area contributed by atoms with Crippen molar-refractivity contribution in [3.05, 3.63) is 64.2 Å². The van der Waals surface area contributed by atoms with Crippen LogP contribution in [-0.4, -0.2) is 47.0 Å². The van der Waals surface area contributed by atoms with Gasteiger partial charge in [0.05, 0.1) is 15.3 Å². The molecule has 3 aromatic heterocycles. The van der Waals surface area contributed by atoms with Crippen LogP contribution in [0.25, 0.3) is 21.6 Å². The van der Waals surface area contributed by atoms with Crippen molar-refractivity contribution in [3.63, 3.8) is 0 Å². The van der Waals surface area contributed by atoms with Gasteiger partial charge in [0.25, 0.3) is 5.91 Å². The Morgan fingerprint density at radius 1 is 0.857 bits per heavy atom. The number of amides is 1. The summed E-state index contributed by atoms with van der Waals surface area (Å²) < 4.78 is 0. The molecule has 5 rings (SSSR count). The molecular formula is C21H18N4OS2. The van der Waals surface area contributed by atoms with Gasteiger partial charge in [0.15, 0.2) is 5.82 Å². The summed E-state index contributed by atoms with van der Waals surface area (Å²) in [5, 5.41) is 5.05. The third-order valence-corrected chi connectivity index (χ3v) is 6.65. The fourth-order valence-electron chi connectivity index (χ4n) is 3.49. The lowest BCUT2D eigenvalue weighted by atomic mass is 10.2. The van der Waals surface area contributed by atoms with Crippen LogP contribution in [0.5, 0.6) is 0 Å². The van der Waals surface area contributed by atoms with Gasteiger partial charge in [-0.3, -0.25) is 4.79 Å². The number of piperazine rings is 1. The number of anilines is 1. The summed E-state index contributed by atoms with van der Waals surface area (Å²) in [4.78, 5) is 28.4. The molecule has 1 aliphatic rings. The Bertz CT molecular complexity index is 1100. The number of hydrogen-bond acceptors (Lipinski definition) is 6. The van der Waals surface area contributed by atoms with Crippen molar-refractivity contribution in [2.75, 3.05) is 31.1 Å². The standard InChI is InChI=1S/C21H18N4OS2/c26-21(18-8-4-14-28-18)25-11-9-24(10-12-25)20-15-5-1-2-6-16(15)22-19(23-20)17-7-3-13-27-17/h1-8,13-14H,9-12H2. The Balaban J connectivity index is 1.44. The SMILES string of the molecule is O=C(c1cccs1)N1CCN(c2nc(-c3cccs3)nc3ccccc23)CC1. The highest BCUT2D eigenvalue weighted by molar-refractivity contribution is 7.13. The van der Waals surface area contributed by atoms with E-state index >= 15 is 0 Å². The number of carbonyl (C=O) groups excluding carboxylic acids is 1. The molecule has 0 spiro atoms. The van der Waals surface area contributed by atoms with Crippen molar-refractivity contribution in [2.24, 2.45) is 0 Å². The van der Waals surface area contributed by atoms with Gasteiger partial charge in [0.1, 0.15) is 5.82 Å². The molecule has 7 heteroatoms. The van der Waals surface area contributed by atoms with Crippen LogP contribution in [0.3, 0.4) is 0 Å². The summed E-state index contributed by atoms with van der Waals surface area (Å²) in [6, 6.07) is 16.0. The molecule has 1 fully saturated rings. The minimum atomic E-state index is 0.126. The maximum Gasteiger partial charge on any atom is 0.264 e. The monoisotopic (exact) mass is 406 g/mol. The first kappa shape index (κ1) is 17.3. The predicted octanol–water partition coefficient (Wildman–Crippen LogP) is 4.38. The van der Waals surface area contributed by atoms with Crippen molar-refractivity contribution in [3.8, 4) is 10.7 Å². The second-order valence-electron chi connectivity index (χ2n) is 6.62. The van der Waals surface area contributed by atoms with Crippen LogP contribution in [0.4, 0.5) is 5.82 Å². The van der Waals surface area contributed by atoms with E-state index in [1.165, 1.54) is 11.3 Å². The van der Waals surface area contributed by atoms with E-state index in [0.717, 1.165) is 45.4 Å². The van der Waals surface area contributed by atoms with Gasteiger partial charge in [-0.15, -0.1) is 22.7 Å². The van der Waals surface area contributed by atoms with Gasteiger partial charge >= 0.3 is 0 Å². The smallest absolute Gasteiger partial charge is 0.264 e. The fourth-order valence-corrected chi connectivity index (χ4v) is 4.84. The second kappa shape index (κ2) is 7.33. The van der Waals surface area contributed by atoms with Crippen LogP contribution >= 0.6 is 22.7 Å². The highest BCUT2D eigenvalue weighted by Gasteiger charge is 2.25. The Labute approximate surface area is 170 Å². The normalized spacial score (nSPS) is 14.6. The number of benzene rings is 1. The number of rotatable bonds is 3. The highest BCUT2D eigenvalue weighted by atomic mass is 32.1. The van der Waals surface area contributed by atoms with Gasteiger partial charge in [-0.2, -0.15) is 0 Å². The van der Waals surface area contributed by atoms with Gasteiger partial charge in [0.2, 0.25) is 0 Å². The van der Waals surface area contributed by atoms with Gasteiger partial charge < -0.3 is 9.80 Å². The molecule has 1 aromatic carbocycles. The molecule has 1 aliphatic heterocycles. The van der Waals surface area contributed by atoms with Gasteiger partial charge in [0, 0.05) is 31.6 Å². The second-order valence-corrected chi connectivity index (χ2v) is 8.52. The summed E-state index contributed by atoms with van der Waals surface area (Å²) in [5.41, 5.74) is 0.952. The van der Waals surface area contributed by atoms with Crippen molar-refractivity contribution >= 4 is 45.3 Å². The molecule has 4 heterocycles. The van der Waals surface area contributed by atoms with Crippen LogP contribution in [0, 0.1) is 0 Å². The van der Waals surface area contributed by atoms with E-state index in [2.05, 4.69) is 17.0 Å². The first-order valence-corrected chi connectivity index (χ1v) is 10.9. The fraction of sp³-hybridized carbons (Fsp3) is 0.190. The molecule has 0 saturated carbocycles. The number of thiophene rings is 2. The van der Waals surface area contributed by atoms with Crippen molar-refractivity contribution in [1.29, 1.82) is 0 Å². The van der Waals surface area contributed by atoms with E-state index in [0.29, 0.717) is 13.1 Å². The molecular weight excluding hydrogens is 388 g/mol. The first-order chi connectivity index (χ1) is 13.8. The summed E-state index contributed by atoms with van der Waals surface area (Å²) >= 11 is 3.15. The number of hydrogen-bond donors (Lipinski definition) is 0. The van der Waals surface area contributed by atoms with Crippen LogP contribution in [-0.2, 0) is 0 Å². The Hall–Kier alpha value is -2.77.